The first-order chi connectivity index (χ1) is 18.6. The van der Waals surface area contributed by atoms with E-state index in [-0.39, 0.29) is 17.6 Å². The van der Waals surface area contributed by atoms with Crippen molar-refractivity contribution in [1.29, 1.82) is 0 Å². The lowest BCUT2D eigenvalue weighted by Gasteiger charge is -2.13. The second kappa shape index (κ2) is 11.5. The van der Waals surface area contributed by atoms with Crippen molar-refractivity contribution in [2.45, 2.75) is 38.0 Å². The minimum absolute atomic E-state index is 0.0164. The summed E-state index contributed by atoms with van der Waals surface area (Å²) >= 11 is 0. The zero-order valence-corrected chi connectivity index (χ0v) is 21.8. The predicted octanol–water partition coefficient (Wildman–Crippen LogP) is 6.27. The molecular formula is C32H33N3O3. The first kappa shape index (κ1) is 25.5. The van der Waals surface area contributed by atoms with Gasteiger partial charge in [0.2, 0.25) is 5.91 Å². The number of likely N-dealkylation sites (tertiary alicyclic amines) is 1. The quantitative estimate of drug-likeness (QED) is 0.253. The number of nitrogens with zero attached hydrogens (tertiary/aromatic N) is 3. The van der Waals surface area contributed by atoms with Crippen LogP contribution in [-0.2, 0) is 9.53 Å². The number of aromatic nitrogens is 2. The number of fused-ring (bicyclic) bond motifs is 1. The van der Waals surface area contributed by atoms with Gasteiger partial charge in [-0.05, 0) is 72.7 Å². The fourth-order valence-electron chi connectivity index (χ4n) is 5.39. The first-order valence-electron chi connectivity index (χ1n) is 13.2. The molecule has 1 saturated heterocycles. The zero-order chi connectivity index (χ0) is 26.5. The Balaban J connectivity index is 1.28. The molecule has 0 spiro atoms. The number of amides is 1. The van der Waals surface area contributed by atoms with Gasteiger partial charge in [-0.3, -0.25) is 9.59 Å². The maximum atomic E-state index is 12.9. The van der Waals surface area contributed by atoms with E-state index in [9.17, 15) is 9.59 Å². The van der Waals surface area contributed by atoms with Crippen molar-refractivity contribution in [2.75, 3.05) is 20.2 Å². The van der Waals surface area contributed by atoms with Crippen LogP contribution < -0.4 is 0 Å². The molecule has 1 atom stereocenters. The van der Waals surface area contributed by atoms with Gasteiger partial charge in [-0.25, -0.2) is 4.98 Å². The molecule has 38 heavy (non-hydrogen) atoms. The molecule has 1 aliphatic heterocycles. The number of ether oxygens (including phenoxy) is 1. The average Bonchev–Trinajstić information content (AvgIpc) is 3.52. The fourth-order valence-corrected chi connectivity index (χ4v) is 5.39. The number of hydrogen-bond acceptors (Lipinski definition) is 4. The number of ketones is 1. The van der Waals surface area contributed by atoms with Crippen molar-refractivity contribution in [3.8, 4) is 11.3 Å². The van der Waals surface area contributed by atoms with Gasteiger partial charge in [-0.15, -0.1) is 0 Å². The number of carbonyl (C=O) groups is 2. The van der Waals surface area contributed by atoms with E-state index in [1.165, 1.54) is 17.2 Å². The van der Waals surface area contributed by atoms with E-state index in [1.807, 2.05) is 53.7 Å². The van der Waals surface area contributed by atoms with E-state index in [0.29, 0.717) is 13.0 Å². The number of allylic oxidation sites excluding steroid dienone is 5. The van der Waals surface area contributed by atoms with Gasteiger partial charge in [0.05, 0.1) is 24.6 Å². The van der Waals surface area contributed by atoms with Crippen LogP contribution in [0.5, 0.6) is 0 Å². The molecule has 1 unspecified atom stereocenters. The lowest BCUT2D eigenvalue weighted by molar-refractivity contribution is -0.125. The van der Waals surface area contributed by atoms with E-state index in [2.05, 4.69) is 34.2 Å². The Morgan fingerprint density at radius 2 is 2.05 bits per heavy atom. The third kappa shape index (κ3) is 5.40. The summed E-state index contributed by atoms with van der Waals surface area (Å²) in [7, 11) is 1.68. The summed E-state index contributed by atoms with van der Waals surface area (Å²) in [4.78, 5) is 31.2. The SMILES string of the molecule is C=CC(=O)N1CCC(c2cc(-c3ccc(C(=O)CCCC4=CCC=CC(OC)=C4)cc3)n3cnccc23)C1. The van der Waals surface area contributed by atoms with Crippen LogP contribution in [0.4, 0.5) is 0 Å². The lowest BCUT2D eigenvalue weighted by atomic mass is 9.98. The highest BCUT2D eigenvalue weighted by molar-refractivity contribution is 5.96. The van der Waals surface area contributed by atoms with Crippen LogP contribution in [-0.4, -0.2) is 46.2 Å². The third-order valence-corrected chi connectivity index (χ3v) is 7.46. The van der Waals surface area contributed by atoms with Gasteiger partial charge < -0.3 is 14.0 Å². The Morgan fingerprint density at radius 3 is 2.84 bits per heavy atom. The number of hydrogen-bond donors (Lipinski definition) is 0. The van der Waals surface area contributed by atoms with Crippen LogP contribution >= 0.6 is 0 Å². The van der Waals surface area contributed by atoms with Gasteiger partial charge in [0.1, 0.15) is 5.76 Å². The first-order valence-corrected chi connectivity index (χ1v) is 13.2. The van der Waals surface area contributed by atoms with Gasteiger partial charge in [0.25, 0.3) is 0 Å². The van der Waals surface area contributed by atoms with Gasteiger partial charge in [0, 0.05) is 37.2 Å². The highest BCUT2D eigenvalue weighted by Gasteiger charge is 2.28. The molecule has 0 bridgehead atoms. The average molecular weight is 508 g/mol. The van der Waals surface area contributed by atoms with Crippen molar-refractivity contribution in [3.05, 3.63) is 108 Å². The number of carbonyl (C=O) groups excluding carboxylic acids is 2. The normalized spacial score (nSPS) is 17.2. The van der Waals surface area contributed by atoms with E-state index >= 15 is 0 Å². The third-order valence-electron chi connectivity index (χ3n) is 7.46. The zero-order valence-electron chi connectivity index (χ0n) is 21.8. The molecule has 3 heterocycles. The van der Waals surface area contributed by atoms with Crippen LogP contribution in [0.1, 0.15) is 53.9 Å². The van der Waals surface area contributed by atoms with Crippen LogP contribution in [0.25, 0.3) is 16.8 Å². The van der Waals surface area contributed by atoms with E-state index < -0.39 is 0 Å². The molecule has 1 fully saturated rings. The van der Waals surface area contributed by atoms with E-state index in [4.69, 9.17) is 4.74 Å². The fraction of sp³-hybridized carbons (Fsp3) is 0.281. The summed E-state index contributed by atoms with van der Waals surface area (Å²) in [5, 5.41) is 0. The minimum atomic E-state index is -0.0164. The molecule has 3 aromatic rings. The maximum Gasteiger partial charge on any atom is 0.245 e. The molecule has 0 radical (unpaired) electrons. The Labute approximate surface area is 223 Å². The Bertz CT molecular complexity index is 1440. The van der Waals surface area contributed by atoms with E-state index in [0.717, 1.165) is 60.3 Å². The van der Waals surface area contributed by atoms with Crippen LogP contribution in [0, 0.1) is 0 Å². The second-order valence-electron chi connectivity index (χ2n) is 9.82. The molecule has 6 nitrogen and oxygen atoms in total. The number of benzene rings is 1. The van der Waals surface area contributed by atoms with Gasteiger partial charge in [0.15, 0.2) is 5.78 Å². The van der Waals surface area contributed by atoms with Crippen LogP contribution in [0.3, 0.4) is 0 Å². The molecule has 1 aliphatic carbocycles. The predicted molar refractivity (Wildman–Crippen MR) is 150 cm³/mol. The number of methoxy groups -OCH3 is 1. The molecule has 2 aromatic heterocycles. The largest absolute Gasteiger partial charge is 0.497 e. The molecule has 1 aromatic carbocycles. The molecular weight excluding hydrogens is 474 g/mol. The summed E-state index contributed by atoms with van der Waals surface area (Å²) in [6, 6.07) is 12.1. The summed E-state index contributed by atoms with van der Waals surface area (Å²) in [5.41, 5.74) is 6.31. The van der Waals surface area contributed by atoms with Gasteiger partial charge in [-0.1, -0.05) is 43.0 Å². The summed E-state index contributed by atoms with van der Waals surface area (Å²) in [5.74, 6) is 1.25. The molecule has 0 saturated carbocycles. The van der Waals surface area contributed by atoms with Gasteiger partial charge >= 0.3 is 0 Å². The molecule has 2 aliphatic rings. The van der Waals surface area contributed by atoms with Crippen LogP contribution in [0.2, 0.25) is 0 Å². The second-order valence-corrected chi connectivity index (χ2v) is 9.82. The topological polar surface area (TPSA) is 63.9 Å². The summed E-state index contributed by atoms with van der Waals surface area (Å²) in [6.07, 6.45) is 17.3. The van der Waals surface area contributed by atoms with Crippen molar-refractivity contribution in [3.63, 3.8) is 0 Å². The Kier molecular flexibility index (Phi) is 7.68. The molecule has 1 amide bonds. The monoisotopic (exact) mass is 507 g/mol. The highest BCUT2D eigenvalue weighted by atomic mass is 16.5. The summed E-state index contributed by atoms with van der Waals surface area (Å²) < 4.78 is 7.46. The molecule has 5 rings (SSSR count). The van der Waals surface area contributed by atoms with E-state index in [1.54, 1.807) is 13.3 Å². The molecule has 194 valence electrons. The minimum Gasteiger partial charge on any atom is -0.497 e. The maximum absolute atomic E-state index is 12.9. The summed E-state index contributed by atoms with van der Waals surface area (Å²) in [6.45, 7) is 5.05. The number of rotatable bonds is 9. The highest BCUT2D eigenvalue weighted by Crippen LogP contribution is 2.35. The van der Waals surface area contributed by atoms with Crippen molar-refractivity contribution < 1.29 is 14.3 Å². The van der Waals surface area contributed by atoms with Crippen molar-refractivity contribution in [2.24, 2.45) is 0 Å². The Hall–Kier alpha value is -4.19. The van der Waals surface area contributed by atoms with Gasteiger partial charge in [-0.2, -0.15) is 0 Å². The standard InChI is InChI=1S/C32H33N3O3/c1-3-32(37)34-18-16-26(21-34)28-20-30(35-22-33-17-15-29(28)35)24-11-13-25(14-12-24)31(36)10-6-8-23-7-4-5-9-27(19-23)38-2/h3,5,7,9,11-15,17,19-20,22,26H,1,4,6,8,10,16,18,21H2,2H3. The number of Topliss-reactive ketones (excluding diaryl/α,β-unsaturated/α-hetero) is 1. The van der Waals surface area contributed by atoms with Crippen molar-refractivity contribution >= 4 is 17.2 Å². The lowest BCUT2D eigenvalue weighted by Crippen LogP contribution is -2.26. The Morgan fingerprint density at radius 1 is 1.21 bits per heavy atom. The smallest absolute Gasteiger partial charge is 0.245 e. The molecule has 6 heteroatoms. The van der Waals surface area contributed by atoms with Crippen LogP contribution in [0.15, 0.2) is 97.2 Å². The van der Waals surface area contributed by atoms with Crippen molar-refractivity contribution in [1.82, 2.24) is 14.3 Å². The molecule has 0 N–H and O–H groups in total.